The SMILES string of the molecule is Cc1cccc(CC(N)C(C)(F)F)c1. The molecule has 0 fully saturated rings. The molecule has 0 aliphatic rings. The van der Waals surface area contributed by atoms with Crippen molar-refractivity contribution < 1.29 is 8.78 Å². The van der Waals surface area contributed by atoms with Gasteiger partial charge in [0.1, 0.15) is 0 Å². The van der Waals surface area contributed by atoms with Gasteiger partial charge in [-0.25, -0.2) is 8.78 Å². The number of aryl methyl sites for hydroxylation is 1. The van der Waals surface area contributed by atoms with Gasteiger partial charge in [0, 0.05) is 6.92 Å². The molecule has 3 heteroatoms. The van der Waals surface area contributed by atoms with Crippen LogP contribution < -0.4 is 5.73 Å². The van der Waals surface area contributed by atoms with Crippen molar-refractivity contribution in [2.45, 2.75) is 32.2 Å². The second kappa shape index (κ2) is 4.05. The first-order chi connectivity index (χ1) is 6.39. The van der Waals surface area contributed by atoms with Crippen LogP contribution in [0.4, 0.5) is 8.78 Å². The van der Waals surface area contributed by atoms with Crippen LogP contribution in [-0.2, 0) is 6.42 Å². The van der Waals surface area contributed by atoms with Crippen LogP contribution in [-0.4, -0.2) is 12.0 Å². The number of nitrogens with two attached hydrogens (primary N) is 1. The molecule has 1 nitrogen and oxygen atoms in total. The van der Waals surface area contributed by atoms with Crippen molar-refractivity contribution in [3.63, 3.8) is 0 Å². The smallest absolute Gasteiger partial charge is 0.260 e. The first kappa shape index (κ1) is 11.1. The molecule has 0 aliphatic carbocycles. The van der Waals surface area contributed by atoms with Gasteiger partial charge in [0.05, 0.1) is 6.04 Å². The fourth-order valence-corrected chi connectivity index (χ4v) is 1.27. The Labute approximate surface area is 82.9 Å². The molecule has 1 rings (SSSR count). The van der Waals surface area contributed by atoms with Gasteiger partial charge >= 0.3 is 0 Å². The highest BCUT2D eigenvalue weighted by atomic mass is 19.3. The van der Waals surface area contributed by atoms with E-state index in [1.807, 2.05) is 31.2 Å². The summed E-state index contributed by atoms with van der Waals surface area (Å²) in [6.07, 6.45) is 0.213. The van der Waals surface area contributed by atoms with E-state index in [1.54, 1.807) is 0 Å². The van der Waals surface area contributed by atoms with Crippen LogP contribution >= 0.6 is 0 Å². The van der Waals surface area contributed by atoms with Crippen LogP contribution in [0.3, 0.4) is 0 Å². The van der Waals surface area contributed by atoms with Crippen molar-refractivity contribution in [2.75, 3.05) is 0 Å². The minimum atomic E-state index is -2.82. The molecule has 0 amide bonds. The number of hydrogen-bond acceptors (Lipinski definition) is 1. The lowest BCUT2D eigenvalue weighted by molar-refractivity contribution is -0.00514. The van der Waals surface area contributed by atoms with Gasteiger partial charge in [0.25, 0.3) is 5.92 Å². The summed E-state index contributed by atoms with van der Waals surface area (Å²) in [5, 5.41) is 0. The van der Waals surface area contributed by atoms with Crippen LogP contribution in [0.25, 0.3) is 0 Å². The zero-order valence-electron chi connectivity index (χ0n) is 8.43. The molecule has 0 radical (unpaired) electrons. The minimum Gasteiger partial charge on any atom is -0.322 e. The quantitative estimate of drug-likeness (QED) is 0.795. The van der Waals surface area contributed by atoms with E-state index in [0.717, 1.165) is 18.1 Å². The lowest BCUT2D eigenvalue weighted by Crippen LogP contribution is -2.40. The van der Waals surface area contributed by atoms with Gasteiger partial charge in [-0.15, -0.1) is 0 Å². The maximum Gasteiger partial charge on any atom is 0.260 e. The lowest BCUT2D eigenvalue weighted by atomic mass is 10.0. The topological polar surface area (TPSA) is 26.0 Å². The molecule has 1 atom stereocenters. The number of halogens is 2. The third kappa shape index (κ3) is 3.07. The summed E-state index contributed by atoms with van der Waals surface area (Å²) in [7, 11) is 0. The van der Waals surface area contributed by atoms with E-state index in [1.165, 1.54) is 0 Å². The Hall–Kier alpha value is -0.960. The van der Waals surface area contributed by atoms with Gasteiger partial charge in [0.2, 0.25) is 0 Å². The van der Waals surface area contributed by atoms with Crippen molar-refractivity contribution in [3.05, 3.63) is 35.4 Å². The van der Waals surface area contributed by atoms with Gasteiger partial charge in [-0.3, -0.25) is 0 Å². The van der Waals surface area contributed by atoms with E-state index < -0.39 is 12.0 Å². The molecule has 2 N–H and O–H groups in total. The molecule has 14 heavy (non-hydrogen) atoms. The fourth-order valence-electron chi connectivity index (χ4n) is 1.27. The molecule has 0 aromatic heterocycles. The lowest BCUT2D eigenvalue weighted by Gasteiger charge is -2.19. The second-order valence-corrected chi connectivity index (χ2v) is 3.76. The van der Waals surface area contributed by atoms with Crippen LogP contribution in [0.15, 0.2) is 24.3 Å². The summed E-state index contributed by atoms with van der Waals surface area (Å²) >= 11 is 0. The van der Waals surface area contributed by atoms with Crippen LogP contribution in [0.5, 0.6) is 0 Å². The predicted octanol–water partition coefficient (Wildman–Crippen LogP) is 2.52. The highest BCUT2D eigenvalue weighted by Crippen LogP contribution is 2.19. The van der Waals surface area contributed by atoms with Gasteiger partial charge in [-0.2, -0.15) is 0 Å². The largest absolute Gasteiger partial charge is 0.322 e. The third-order valence-corrected chi connectivity index (χ3v) is 2.19. The van der Waals surface area contributed by atoms with E-state index in [-0.39, 0.29) is 6.42 Å². The Morgan fingerprint density at radius 3 is 2.57 bits per heavy atom. The molecule has 1 aromatic carbocycles. The zero-order valence-corrected chi connectivity index (χ0v) is 8.43. The fraction of sp³-hybridized carbons (Fsp3) is 0.455. The molecule has 0 saturated carbocycles. The molecule has 0 bridgehead atoms. The Kier molecular flexibility index (Phi) is 3.21. The number of hydrogen-bond donors (Lipinski definition) is 1. The highest BCUT2D eigenvalue weighted by molar-refractivity contribution is 5.23. The Balaban J connectivity index is 2.70. The average molecular weight is 199 g/mol. The Morgan fingerprint density at radius 1 is 1.43 bits per heavy atom. The molecule has 0 spiro atoms. The third-order valence-electron chi connectivity index (χ3n) is 2.19. The molecular formula is C11H15F2N. The molecule has 0 aliphatic heterocycles. The van der Waals surface area contributed by atoms with Gasteiger partial charge in [0.15, 0.2) is 0 Å². The van der Waals surface area contributed by atoms with Crippen molar-refractivity contribution in [3.8, 4) is 0 Å². The molecule has 78 valence electrons. The summed E-state index contributed by atoms with van der Waals surface area (Å²) in [5.74, 6) is -2.82. The van der Waals surface area contributed by atoms with Crippen molar-refractivity contribution in [1.29, 1.82) is 0 Å². The van der Waals surface area contributed by atoms with E-state index in [0.29, 0.717) is 0 Å². The average Bonchev–Trinajstić information content (AvgIpc) is 2.02. The summed E-state index contributed by atoms with van der Waals surface area (Å²) < 4.78 is 25.6. The molecule has 1 aromatic rings. The van der Waals surface area contributed by atoms with Crippen molar-refractivity contribution in [2.24, 2.45) is 5.73 Å². The van der Waals surface area contributed by atoms with Crippen LogP contribution in [0.1, 0.15) is 18.1 Å². The van der Waals surface area contributed by atoms with Crippen molar-refractivity contribution >= 4 is 0 Å². The van der Waals surface area contributed by atoms with Gasteiger partial charge in [-0.1, -0.05) is 29.8 Å². The minimum absolute atomic E-state index is 0.213. The first-order valence-corrected chi connectivity index (χ1v) is 4.58. The second-order valence-electron chi connectivity index (χ2n) is 3.76. The van der Waals surface area contributed by atoms with E-state index in [4.69, 9.17) is 5.73 Å². The normalized spacial score (nSPS) is 14.1. The Morgan fingerprint density at radius 2 is 2.07 bits per heavy atom. The zero-order chi connectivity index (χ0) is 10.8. The summed E-state index contributed by atoms with van der Waals surface area (Å²) in [6.45, 7) is 2.78. The van der Waals surface area contributed by atoms with Crippen LogP contribution in [0, 0.1) is 6.92 Å². The maximum atomic E-state index is 12.8. The summed E-state index contributed by atoms with van der Waals surface area (Å²) in [5.41, 5.74) is 7.31. The molecule has 0 saturated heterocycles. The van der Waals surface area contributed by atoms with Crippen molar-refractivity contribution in [1.82, 2.24) is 0 Å². The van der Waals surface area contributed by atoms with E-state index >= 15 is 0 Å². The Bertz CT molecular complexity index is 304. The number of rotatable bonds is 3. The molecule has 0 heterocycles. The number of alkyl halides is 2. The van der Waals surface area contributed by atoms with Gasteiger partial charge in [-0.05, 0) is 18.9 Å². The van der Waals surface area contributed by atoms with Crippen LogP contribution in [0.2, 0.25) is 0 Å². The van der Waals surface area contributed by atoms with Gasteiger partial charge < -0.3 is 5.73 Å². The first-order valence-electron chi connectivity index (χ1n) is 4.58. The number of benzene rings is 1. The summed E-state index contributed by atoms with van der Waals surface area (Å²) in [4.78, 5) is 0. The van der Waals surface area contributed by atoms with E-state index in [2.05, 4.69) is 0 Å². The maximum absolute atomic E-state index is 12.8. The predicted molar refractivity (Wildman–Crippen MR) is 53.5 cm³/mol. The summed E-state index contributed by atoms with van der Waals surface area (Å²) in [6, 6.07) is 6.37. The van der Waals surface area contributed by atoms with E-state index in [9.17, 15) is 8.78 Å². The monoisotopic (exact) mass is 199 g/mol. The standard InChI is InChI=1S/C11H15F2N/c1-8-4-3-5-9(6-8)7-10(14)11(2,12)13/h3-6,10H,7,14H2,1-2H3. The highest BCUT2D eigenvalue weighted by Gasteiger charge is 2.30. The molecule has 1 unspecified atom stereocenters. The molecular weight excluding hydrogens is 184 g/mol.